The zero-order valence-corrected chi connectivity index (χ0v) is 18.3. The van der Waals surface area contributed by atoms with Crippen LogP contribution in [-0.4, -0.2) is 42.0 Å². The SMILES string of the molecule is C=CCn1c(C)cc(C2=NNC(=NCCc3ccc(OC)c(OC)c3)SC2)c1C. The maximum absolute atomic E-state index is 5.36. The number of nitrogens with zero attached hydrogens (tertiary/aromatic N) is 3. The monoisotopic (exact) mass is 412 g/mol. The van der Waals surface area contributed by atoms with Crippen molar-refractivity contribution in [1.29, 1.82) is 0 Å². The van der Waals surface area contributed by atoms with Gasteiger partial charge in [-0.05, 0) is 44.0 Å². The third-order valence-electron chi connectivity index (χ3n) is 4.93. The Morgan fingerprint density at radius 3 is 2.69 bits per heavy atom. The lowest BCUT2D eigenvalue weighted by molar-refractivity contribution is 0.354. The first-order valence-electron chi connectivity index (χ1n) is 9.56. The van der Waals surface area contributed by atoms with Crippen molar-refractivity contribution in [2.45, 2.75) is 26.8 Å². The molecule has 1 N–H and O–H groups in total. The molecule has 154 valence electrons. The molecule has 29 heavy (non-hydrogen) atoms. The van der Waals surface area contributed by atoms with E-state index in [1.165, 1.54) is 17.0 Å². The number of amidine groups is 1. The number of hydrogen-bond donors (Lipinski definition) is 1. The van der Waals surface area contributed by atoms with Crippen molar-refractivity contribution in [2.75, 3.05) is 26.5 Å². The average molecular weight is 413 g/mol. The molecule has 1 aliphatic rings. The van der Waals surface area contributed by atoms with E-state index in [1.807, 2.05) is 24.3 Å². The molecule has 0 radical (unpaired) electrons. The number of aromatic nitrogens is 1. The van der Waals surface area contributed by atoms with Gasteiger partial charge in [-0.2, -0.15) is 5.10 Å². The molecule has 3 rings (SSSR count). The van der Waals surface area contributed by atoms with E-state index in [-0.39, 0.29) is 0 Å². The summed E-state index contributed by atoms with van der Waals surface area (Å²) in [6.45, 7) is 9.59. The fourth-order valence-electron chi connectivity index (χ4n) is 3.36. The number of ether oxygens (including phenoxy) is 2. The van der Waals surface area contributed by atoms with Gasteiger partial charge in [-0.25, -0.2) is 0 Å². The van der Waals surface area contributed by atoms with E-state index in [1.54, 1.807) is 26.0 Å². The number of nitrogens with one attached hydrogen (secondary N) is 1. The number of benzene rings is 1. The van der Waals surface area contributed by atoms with Crippen molar-refractivity contribution in [2.24, 2.45) is 10.1 Å². The fourth-order valence-corrected chi connectivity index (χ4v) is 4.15. The van der Waals surface area contributed by atoms with E-state index >= 15 is 0 Å². The first kappa shape index (κ1) is 21.0. The van der Waals surface area contributed by atoms with Crippen molar-refractivity contribution in [3.8, 4) is 11.5 Å². The summed E-state index contributed by atoms with van der Waals surface area (Å²) in [6, 6.07) is 8.15. The van der Waals surface area contributed by atoms with E-state index in [0.717, 1.165) is 46.7 Å². The van der Waals surface area contributed by atoms with Gasteiger partial charge in [0.1, 0.15) is 0 Å². The van der Waals surface area contributed by atoms with Crippen molar-refractivity contribution < 1.29 is 9.47 Å². The molecule has 7 heteroatoms. The molecule has 2 aromatic rings. The van der Waals surface area contributed by atoms with Crippen LogP contribution in [0.4, 0.5) is 0 Å². The van der Waals surface area contributed by atoms with Crippen LogP contribution in [0, 0.1) is 13.8 Å². The molecule has 0 bridgehead atoms. The van der Waals surface area contributed by atoms with Gasteiger partial charge >= 0.3 is 0 Å². The summed E-state index contributed by atoms with van der Waals surface area (Å²) in [5.74, 6) is 2.29. The minimum atomic E-state index is 0.684. The van der Waals surface area contributed by atoms with Crippen LogP contribution in [0.3, 0.4) is 0 Å². The van der Waals surface area contributed by atoms with Gasteiger partial charge in [-0.1, -0.05) is 23.9 Å². The standard InChI is InChI=1S/C22H28N4O2S/c1-6-11-26-15(2)12-18(16(26)3)19-14-29-22(25-24-19)23-10-9-17-7-8-20(27-4)21(13-17)28-5/h6-8,12-13H,1,9-11,14H2,2-5H3,(H,23,25). The highest BCUT2D eigenvalue weighted by Crippen LogP contribution is 2.27. The Kier molecular flexibility index (Phi) is 7.04. The van der Waals surface area contributed by atoms with Crippen LogP contribution in [-0.2, 0) is 13.0 Å². The molecule has 1 aliphatic heterocycles. The Labute approximate surface area is 176 Å². The van der Waals surface area contributed by atoms with Crippen LogP contribution in [0.2, 0.25) is 0 Å². The maximum atomic E-state index is 5.36. The summed E-state index contributed by atoms with van der Waals surface area (Å²) < 4.78 is 12.9. The highest BCUT2D eigenvalue weighted by Gasteiger charge is 2.18. The van der Waals surface area contributed by atoms with Crippen molar-refractivity contribution in [3.63, 3.8) is 0 Å². The molecule has 1 aromatic heterocycles. The predicted molar refractivity (Wildman–Crippen MR) is 122 cm³/mol. The van der Waals surface area contributed by atoms with Gasteiger partial charge < -0.3 is 14.0 Å². The third kappa shape index (κ3) is 4.85. The number of hydrazone groups is 1. The highest BCUT2D eigenvalue weighted by atomic mass is 32.2. The van der Waals surface area contributed by atoms with Crippen molar-refractivity contribution >= 4 is 22.6 Å². The molecule has 0 saturated carbocycles. The molecule has 0 saturated heterocycles. The lowest BCUT2D eigenvalue weighted by Gasteiger charge is -2.15. The molecular weight excluding hydrogens is 384 g/mol. The summed E-state index contributed by atoms with van der Waals surface area (Å²) >= 11 is 1.69. The largest absolute Gasteiger partial charge is 0.493 e. The minimum absolute atomic E-state index is 0.684. The maximum Gasteiger partial charge on any atom is 0.177 e. The van der Waals surface area contributed by atoms with Gasteiger partial charge in [0.25, 0.3) is 0 Å². The second-order valence-electron chi connectivity index (χ2n) is 6.77. The van der Waals surface area contributed by atoms with Gasteiger partial charge in [0.2, 0.25) is 0 Å². The van der Waals surface area contributed by atoms with Crippen LogP contribution in [0.5, 0.6) is 11.5 Å². The number of rotatable bonds is 8. The first-order chi connectivity index (χ1) is 14.1. The number of hydrogen-bond acceptors (Lipinski definition) is 5. The molecule has 1 aromatic carbocycles. The zero-order valence-electron chi connectivity index (χ0n) is 17.5. The van der Waals surface area contributed by atoms with Crippen molar-refractivity contribution in [1.82, 2.24) is 9.99 Å². The molecule has 0 spiro atoms. The van der Waals surface area contributed by atoms with E-state index in [9.17, 15) is 0 Å². The summed E-state index contributed by atoms with van der Waals surface area (Å²) in [6.07, 6.45) is 2.74. The zero-order chi connectivity index (χ0) is 20.8. The van der Waals surface area contributed by atoms with E-state index in [2.05, 4.69) is 46.6 Å². The summed E-state index contributed by atoms with van der Waals surface area (Å²) in [5, 5.41) is 5.43. The fraction of sp³-hybridized carbons (Fsp3) is 0.364. The van der Waals surface area contributed by atoms with Crippen molar-refractivity contribution in [3.05, 3.63) is 59.4 Å². The molecule has 0 unspecified atom stereocenters. The minimum Gasteiger partial charge on any atom is -0.493 e. The summed E-state index contributed by atoms with van der Waals surface area (Å²) in [5.41, 5.74) is 8.95. The molecule has 0 amide bonds. The smallest absolute Gasteiger partial charge is 0.177 e. The molecular formula is C22H28N4O2S. The average Bonchev–Trinajstić information content (AvgIpc) is 3.02. The number of methoxy groups -OCH3 is 2. The highest BCUT2D eigenvalue weighted by molar-refractivity contribution is 8.14. The molecule has 2 heterocycles. The first-order valence-corrected chi connectivity index (χ1v) is 10.5. The number of allylic oxidation sites excluding steroid dienone is 1. The normalized spacial score (nSPS) is 15.0. The second-order valence-corrected chi connectivity index (χ2v) is 7.73. The van der Waals surface area contributed by atoms with Crippen LogP contribution in [0.1, 0.15) is 22.5 Å². The van der Waals surface area contributed by atoms with Gasteiger partial charge in [0.15, 0.2) is 16.7 Å². The Morgan fingerprint density at radius 1 is 1.24 bits per heavy atom. The van der Waals surface area contributed by atoms with E-state index in [0.29, 0.717) is 6.54 Å². The van der Waals surface area contributed by atoms with E-state index in [4.69, 9.17) is 9.47 Å². The quantitative estimate of drug-likeness (QED) is 0.667. The third-order valence-corrected chi connectivity index (χ3v) is 5.84. The van der Waals surface area contributed by atoms with Crippen LogP contribution in [0.15, 0.2) is 47.0 Å². The lowest BCUT2D eigenvalue weighted by Crippen LogP contribution is -2.26. The van der Waals surface area contributed by atoms with Crippen LogP contribution < -0.4 is 14.9 Å². The second kappa shape index (κ2) is 9.69. The van der Waals surface area contributed by atoms with Gasteiger partial charge in [-0.15, -0.1) is 6.58 Å². The molecule has 0 fully saturated rings. The topological polar surface area (TPSA) is 60.1 Å². The number of aryl methyl sites for hydroxylation is 1. The number of thioether (sulfide) groups is 1. The van der Waals surface area contributed by atoms with Gasteiger partial charge in [-0.3, -0.25) is 10.4 Å². The Morgan fingerprint density at radius 2 is 2.03 bits per heavy atom. The Bertz CT molecular complexity index is 947. The molecule has 0 atom stereocenters. The molecule has 6 nitrogen and oxygen atoms in total. The Hall–Kier alpha value is -2.67. The lowest BCUT2D eigenvalue weighted by atomic mass is 10.1. The number of aliphatic imine (C=N–C) groups is 1. The van der Waals surface area contributed by atoms with Gasteiger partial charge in [0.05, 0.1) is 19.9 Å². The van der Waals surface area contributed by atoms with Crippen LogP contribution >= 0.6 is 11.8 Å². The van der Waals surface area contributed by atoms with Crippen LogP contribution in [0.25, 0.3) is 0 Å². The van der Waals surface area contributed by atoms with E-state index < -0.39 is 0 Å². The van der Waals surface area contributed by atoms with Gasteiger partial charge in [0, 0.05) is 35.8 Å². The summed E-state index contributed by atoms with van der Waals surface area (Å²) in [4.78, 5) is 4.65. The Balaban J connectivity index is 1.62. The molecule has 0 aliphatic carbocycles. The summed E-state index contributed by atoms with van der Waals surface area (Å²) in [7, 11) is 3.29. The predicted octanol–water partition coefficient (Wildman–Crippen LogP) is 3.95.